The molecule has 0 bridgehead atoms. The molecule has 0 aliphatic carbocycles. The fraction of sp³-hybridized carbons (Fsp3) is 0.611. The molecule has 0 saturated heterocycles. The summed E-state index contributed by atoms with van der Waals surface area (Å²) in [7, 11) is 2.06. The van der Waals surface area contributed by atoms with Gasteiger partial charge in [0.25, 0.3) is 0 Å². The normalized spacial score (nSPS) is 13.8. The van der Waals surface area contributed by atoms with E-state index in [0.29, 0.717) is 25.1 Å². The van der Waals surface area contributed by atoms with E-state index in [1.165, 1.54) is 5.56 Å². The van der Waals surface area contributed by atoms with Crippen molar-refractivity contribution in [3.8, 4) is 0 Å². The van der Waals surface area contributed by atoms with E-state index in [2.05, 4.69) is 46.6 Å². The molecular formula is C18H29F3N4. The maximum absolute atomic E-state index is 12.2. The second-order valence-corrected chi connectivity index (χ2v) is 6.09. The van der Waals surface area contributed by atoms with Crippen molar-refractivity contribution in [1.29, 1.82) is 0 Å². The average molecular weight is 358 g/mol. The van der Waals surface area contributed by atoms with Gasteiger partial charge in [-0.1, -0.05) is 30.3 Å². The highest BCUT2D eigenvalue weighted by atomic mass is 19.4. The highest BCUT2D eigenvalue weighted by molar-refractivity contribution is 5.79. The summed E-state index contributed by atoms with van der Waals surface area (Å²) < 4.78 is 36.6. The van der Waals surface area contributed by atoms with Crippen LogP contribution in [0.2, 0.25) is 0 Å². The lowest BCUT2D eigenvalue weighted by Crippen LogP contribution is -2.39. The van der Waals surface area contributed by atoms with Gasteiger partial charge >= 0.3 is 6.18 Å². The Kier molecular flexibility index (Phi) is 9.34. The van der Waals surface area contributed by atoms with Crippen LogP contribution in [0.25, 0.3) is 0 Å². The Morgan fingerprint density at radius 2 is 1.88 bits per heavy atom. The molecule has 1 atom stereocenters. The van der Waals surface area contributed by atoms with Crippen LogP contribution in [0.3, 0.4) is 0 Å². The summed E-state index contributed by atoms with van der Waals surface area (Å²) in [5.74, 6) is 0.435. The molecule has 1 aromatic carbocycles. The number of guanidine groups is 1. The zero-order chi connectivity index (χ0) is 18.7. The van der Waals surface area contributed by atoms with Crippen LogP contribution >= 0.6 is 0 Å². The lowest BCUT2D eigenvalue weighted by molar-refractivity contribution is -0.132. The zero-order valence-electron chi connectivity index (χ0n) is 15.2. The van der Waals surface area contributed by atoms with Crippen LogP contribution in [-0.2, 0) is 6.54 Å². The largest absolute Gasteiger partial charge is 0.390 e. The molecule has 0 spiro atoms. The molecule has 142 valence electrons. The number of alkyl halides is 3. The van der Waals surface area contributed by atoms with Gasteiger partial charge < -0.3 is 10.6 Å². The van der Waals surface area contributed by atoms with E-state index in [9.17, 15) is 13.2 Å². The number of benzene rings is 1. The monoisotopic (exact) mass is 358 g/mol. The molecule has 1 aromatic rings. The van der Waals surface area contributed by atoms with Crippen molar-refractivity contribution in [2.75, 3.05) is 26.7 Å². The van der Waals surface area contributed by atoms with E-state index in [-0.39, 0.29) is 6.54 Å². The Labute approximate surface area is 148 Å². The first kappa shape index (κ1) is 21.3. The Balaban J connectivity index is 2.39. The van der Waals surface area contributed by atoms with Crippen LogP contribution in [-0.4, -0.2) is 49.8 Å². The van der Waals surface area contributed by atoms with Crippen LogP contribution in [0.15, 0.2) is 35.3 Å². The van der Waals surface area contributed by atoms with Crippen molar-refractivity contribution in [2.45, 2.75) is 45.5 Å². The highest BCUT2D eigenvalue weighted by Gasteiger charge is 2.26. The molecule has 7 heteroatoms. The predicted molar refractivity (Wildman–Crippen MR) is 96.6 cm³/mol. The third-order valence-corrected chi connectivity index (χ3v) is 3.89. The van der Waals surface area contributed by atoms with Gasteiger partial charge in [0, 0.05) is 32.2 Å². The SMILES string of the molecule is CCNC(=NCCC(C)N(C)Cc1ccccc1)NCCC(F)(F)F. The van der Waals surface area contributed by atoms with Crippen LogP contribution in [0.1, 0.15) is 32.3 Å². The molecule has 0 amide bonds. The van der Waals surface area contributed by atoms with E-state index >= 15 is 0 Å². The second-order valence-electron chi connectivity index (χ2n) is 6.09. The summed E-state index contributed by atoms with van der Waals surface area (Å²) in [5.41, 5.74) is 1.25. The average Bonchev–Trinajstić information content (AvgIpc) is 2.54. The van der Waals surface area contributed by atoms with Gasteiger partial charge in [-0.2, -0.15) is 13.2 Å². The van der Waals surface area contributed by atoms with E-state index in [0.717, 1.165) is 13.0 Å². The summed E-state index contributed by atoms with van der Waals surface area (Å²) in [6.07, 6.45) is -4.19. The van der Waals surface area contributed by atoms with Crippen molar-refractivity contribution in [3.05, 3.63) is 35.9 Å². The minimum Gasteiger partial charge on any atom is -0.357 e. The molecule has 0 heterocycles. The number of aliphatic imine (C=N–C) groups is 1. The van der Waals surface area contributed by atoms with Crippen LogP contribution in [0, 0.1) is 0 Å². The van der Waals surface area contributed by atoms with Crippen LogP contribution < -0.4 is 10.6 Å². The van der Waals surface area contributed by atoms with Crippen molar-refractivity contribution in [2.24, 2.45) is 4.99 Å². The summed E-state index contributed by atoms with van der Waals surface area (Å²) in [5, 5.41) is 5.69. The Morgan fingerprint density at radius 3 is 2.48 bits per heavy atom. The first-order valence-corrected chi connectivity index (χ1v) is 8.65. The minimum absolute atomic E-state index is 0.168. The summed E-state index contributed by atoms with van der Waals surface area (Å²) in [6, 6.07) is 10.5. The molecule has 0 aliphatic heterocycles. The Hall–Kier alpha value is -1.76. The number of halogens is 3. The van der Waals surface area contributed by atoms with Crippen molar-refractivity contribution >= 4 is 5.96 Å². The molecule has 4 nitrogen and oxygen atoms in total. The number of nitrogens with one attached hydrogen (secondary N) is 2. The lowest BCUT2D eigenvalue weighted by atomic mass is 10.1. The lowest BCUT2D eigenvalue weighted by Gasteiger charge is -2.24. The fourth-order valence-corrected chi connectivity index (χ4v) is 2.28. The van der Waals surface area contributed by atoms with Gasteiger partial charge in [-0.15, -0.1) is 0 Å². The molecule has 0 aromatic heterocycles. The maximum Gasteiger partial charge on any atom is 0.390 e. The first-order valence-electron chi connectivity index (χ1n) is 8.65. The van der Waals surface area contributed by atoms with E-state index in [4.69, 9.17) is 0 Å². The standard InChI is InChI=1S/C18H29F3N4/c1-4-22-17(24-13-11-18(19,20)21)23-12-10-15(2)25(3)14-16-8-6-5-7-9-16/h5-9,15H,4,10-14H2,1-3H3,(H2,22,23,24). The van der Waals surface area contributed by atoms with Crippen molar-refractivity contribution < 1.29 is 13.2 Å². The third kappa shape index (κ3) is 9.96. The summed E-state index contributed by atoms with van der Waals surface area (Å²) in [6.45, 7) is 5.87. The van der Waals surface area contributed by atoms with Gasteiger partial charge in [0.1, 0.15) is 0 Å². The van der Waals surface area contributed by atoms with Crippen LogP contribution in [0.5, 0.6) is 0 Å². The maximum atomic E-state index is 12.2. The van der Waals surface area contributed by atoms with E-state index in [1.54, 1.807) is 0 Å². The molecular weight excluding hydrogens is 329 g/mol. The van der Waals surface area contributed by atoms with E-state index < -0.39 is 12.6 Å². The van der Waals surface area contributed by atoms with Gasteiger partial charge in [-0.3, -0.25) is 9.89 Å². The zero-order valence-corrected chi connectivity index (χ0v) is 15.2. The van der Waals surface area contributed by atoms with E-state index in [1.807, 2.05) is 25.1 Å². The first-order chi connectivity index (χ1) is 11.8. The fourth-order valence-electron chi connectivity index (χ4n) is 2.28. The molecule has 1 rings (SSSR count). The smallest absolute Gasteiger partial charge is 0.357 e. The quantitative estimate of drug-likeness (QED) is 0.525. The molecule has 0 saturated carbocycles. The van der Waals surface area contributed by atoms with Crippen molar-refractivity contribution in [3.63, 3.8) is 0 Å². The second kappa shape index (κ2) is 11.0. The minimum atomic E-state index is -4.15. The van der Waals surface area contributed by atoms with Gasteiger partial charge in [-0.25, -0.2) is 0 Å². The van der Waals surface area contributed by atoms with Gasteiger partial charge in [-0.05, 0) is 32.9 Å². The molecule has 2 N–H and O–H groups in total. The summed E-state index contributed by atoms with van der Waals surface area (Å²) >= 11 is 0. The molecule has 0 fully saturated rings. The highest BCUT2D eigenvalue weighted by Crippen LogP contribution is 2.18. The van der Waals surface area contributed by atoms with Gasteiger partial charge in [0.15, 0.2) is 5.96 Å². The molecule has 1 unspecified atom stereocenters. The Morgan fingerprint density at radius 1 is 1.20 bits per heavy atom. The van der Waals surface area contributed by atoms with Crippen LogP contribution in [0.4, 0.5) is 13.2 Å². The molecule has 25 heavy (non-hydrogen) atoms. The topological polar surface area (TPSA) is 39.7 Å². The summed E-state index contributed by atoms with van der Waals surface area (Å²) in [4.78, 5) is 6.61. The number of hydrogen-bond acceptors (Lipinski definition) is 2. The Bertz CT molecular complexity index is 503. The van der Waals surface area contributed by atoms with Gasteiger partial charge in [0.05, 0.1) is 6.42 Å². The molecule has 0 aliphatic rings. The molecule has 0 radical (unpaired) electrons. The number of nitrogens with zero attached hydrogens (tertiary/aromatic N) is 2. The number of rotatable bonds is 9. The number of hydrogen-bond donors (Lipinski definition) is 2. The third-order valence-electron chi connectivity index (χ3n) is 3.89. The van der Waals surface area contributed by atoms with Crippen molar-refractivity contribution in [1.82, 2.24) is 15.5 Å². The predicted octanol–water partition coefficient (Wildman–Crippen LogP) is 3.40. The van der Waals surface area contributed by atoms with Gasteiger partial charge in [0.2, 0.25) is 0 Å².